The molecule has 6 heteroatoms. The summed E-state index contributed by atoms with van der Waals surface area (Å²) in [6.07, 6.45) is 2.60. The van der Waals surface area contributed by atoms with Gasteiger partial charge in [0.2, 0.25) is 5.91 Å². The van der Waals surface area contributed by atoms with E-state index in [1.54, 1.807) is 0 Å². The maximum atomic E-state index is 12.0. The highest BCUT2D eigenvalue weighted by atomic mass is 16.2. The molecule has 3 fully saturated rings. The summed E-state index contributed by atoms with van der Waals surface area (Å²) in [6, 6.07) is 0.178. The first-order chi connectivity index (χ1) is 8.74. The quantitative estimate of drug-likeness (QED) is 0.690. The number of hydrogen-bond acceptors (Lipinski definition) is 3. The maximum Gasteiger partial charge on any atom is 0.317 e. The summed E-state index contributed by atoms with van der Waals surface area (Å²) in [5.74, 6) is 0.959. The molecule has 2 aliphatic heterocycles. The second-order valence-corrected chi connectivity index (χ2v) is 5.45. The Morgan fingerprint density at radius 1 is 1.39 bits per heavy atom. The molecule has 0 aromatic heterocycles. The van der Waals surface area contributed by atoms with Crippen LogP contribution in [0.3, 0.4) is 0 Å². The normalized spacial score (nSPS) is 27.1. The zero-order valence-corrected chi connectivity index (χ0v) is 10.5. The van der Waals surface area contributed by atoms with Crippen molar-refractivity contribution in [3.8, 4) is 0 Å². The molecule has 2 heterocycles. The third-order valence-electron chi connectivity index (χ3n) is 3.99. The fourth-order valence-corrected chi connectivity index (χ4v) is 2.65. The van der Waals surface area contributed by atoms with Crippen LogP contribution in [0.4, 0.5) is 4.79 Å². The number of carbonyl (C=O) groups excluding carboxylic acids is 2. The third-order valence-corrected chi connectivity index (χ3v) is 3.99. The fourth-order valence-electron chi connectivity index (χ4n) is 2.65. The van der Waals surface area contributed by atoms with E-state index in [0.717, 1.165) is 12.5 Å². The molecule has 3 aliphatic rings. The highest BCUT2D eigenvalue weighted by molar-refractivity contribution is 5.80. The van der Waals surface area contributed by atoms with E-state index in [1.807, 2.05) is 9.80 Å². The minimum absolute atomic E-state index is 0.0129. The van der Waals surface area contributed by atoms with Crippen molar-refractivity contribution in [2.45, 2.75) is 18.9 Å². The lowest BCUT2D eigenvalue weighted by Crippen LogP contribution is -2.55. The number of rotatable bonds is 4. The van der Waals surface area contributed by atoms with Crippen molar-refractivity contribution in [1.82, 2.24) is 20.4 Å². The number of urea groups is 1. The van der Waals surface area contributed by atoms with Crippen LogP contribution in [0.15, 0.2) is 0 Å². The Balaban J connectivity index is 1.45. The van der Waals surface area contributed by atoms with Crippen LogP contribution < -0.4 is 10.6 Å². The van der Waals surface area contributed by atoms with Crippen LogP contribution in [0, 0.1) is 5.92 Å². The average Bonchev–Trinajstić information content (AvgIpc) is 3.13. The summed E-state index contributed by atoms with van der Waals surface area (Å²) < 4.78 is 0. The van der Waals surface area contributed by atoms with Crippen molar-refractivity contribution in [3.63, 3.8) is 0 Å². The molecule has 0 aromatic carbocycles. The van der Waals surface area contributed by atoms with E-state index in [4.69, 9.17) is 0 Å². The zero-order valence-electron chi connectivity index (χ0n) is 10.5. The van der Waals surface area contributed by atoms with Crippen LogP contribution >= 0.6 is 0 Å². The van der Waals surface area contributed by atoms with Gasteiger partial charge in [-0.05, 0) is 25.3 Å². The molecule has 0 radical (unpaired) electrons. The van der Waals surface area contributed by atoms with Gasteiger partial charge in [0.15, 0.2) is 0 Å². The first-order valence-corrected chi connectivity index (χ1v) is 6.77. The molecule has 1 saturated carbocycles. The van der Waals surface area contributed by atoms with Gasteiger partial charge in [0.25, 0.3) is 0 Å². The van der Waals surface area contributed by atoms with Crippen molar-refractivity contribution < 1.29 is 9.59 Å². The van der Waals surface area contributed by atoms with Gasteiger partial charge in [0.05, 0.1) is 12.6 Å². The largest absolute Gasteiger partial charge is 0.338 e. The molecule has 1 unspecified atom stereocenters. The van der Waals surface area contributed by atoms with Crippen LogP contribution in [-0.4, -0.2) is 67.0 Å². The average molecular weight is 252 g/mol. The molecule has 100 valence electrons. The fraction of sp³-hybridized carbons (Fsp3) is 0.833. The van der Waals surface area contributed by atoms with Crippen LogP contribution in [-0.2, 0) is 4.79 Å². The highest BCUT2D eigenvalue weighted by Crippen LogP contribution is 2.27. The molecular weight excluding hydrogens is 232 g/mol. The number of amides is 3. The summed E-state index contributed by atoms with van der Waals surface area (Å²) in [6.45, 7) is 4.05. The van der Waals surface area contributed by atoms with Gasteiger partial charge in [0, 0.05) is 26.2 Å². The van der Waals surface area contributed by atoms with E-state index >= 15 is 0 Å². The predicted octanol–water partition coefficient (Wildman–Crippen LogP) is -0.778. The van der Waals surface area contributed by atoms with Gasteiger partial charge >= 0.3 is 6.03 Å². The molecule has 1 atom stereocenters. The summed E-state index contributed by atoms with van der Waals surface area (Å²) in [5.41, 5.74) is 0. The molecule has 1 aliphatic carbocycles. The molecule has 2 N–H and O–H groups in total. The summed E-state index contributed by atoms with van der Waals surface area (Å²) in [4.78, 5) is 27.2. The number of piperazine rings is 1. The lowest BCUT2D eigenvalue weighted by Gasteiger charge is -2.36. The van der Waals surface area contributed by atoms with E-state index in [0.29, 0.717) is 32.7 Å². The second kappa shape index (κ2) is 4.76. The van der Waals surface area contributed by atoms with Crippen molar-refractivity contribution in [3.05, 3.63) is 0 Å². The van der Waals surface area contributed by atoms with Gasteiger partial charge in [0.1, 0.15) is 0 Å². The lowest BCUT2D eigenvalue weighted by molar-refractivity contribution is -0.132. The van der Waals surface area contributed by atoms with Crippen LogP contribution in [0.5, 0.6) is 0 Å². The SMILES string of the molecule is O=C(CNCC1CC1)N1CCN2C(=O)NCC2C1. The highest BCUT2D eigenvalue weighted by Gasteiger charge is 2.36. The van der Waals surface area contributed by atoms with Gasteiger partial charge in [-0.3, -0.25) is 4.79 Å². The van der Waals surface area contributed by atoms with Crippen LogP contribution in [0.25, 0.3) is 0 Å². The Morgan fingerprint density at radius 3 is 3.00 bits per heavy atom. The maximum absolute atomic E-state index is 12.0. The van der Waals surface area contributed by atoms with Crippen molar-refractivity contribution in [2.24, 2.45) is 5.92 Å². The molecule has 3 amide bonds. The number of nitrogens with one attached hydrogen (secondary N) is 2. The van der Waals surface area contributed by atoms with Gasteiger partial charge in [-0.25, -0.2) is 4.79 Å². The molecular formula is C12H20N4O2. The predicted molar refractivity (Wildman–Crippen MR) is 66.1 cm³/mol. The molecule has 0 spiro atoms. The molecule has 6 nitrogen and oxygen atoms in total. The van der Waals surface area contributed by atoms with Gasteiger partial charge in [-0.2, -0.15) is 0 Å². The monoisotopic (exact) mass is 252 g/mol. The van der Waals surface area contributed by atoms with Crippen molar-refractivity contribution >= 4 is 11.9 Å². The zero-order chi connectivity index (χ0) is 12.5. The van der Waals surface area contributed by atoms with E-state index in [-0.39, 0.29) is 18.0 Å². The smallest absolute Gasteiger partial charge is 0.317 e. The van der Waals surface area contributed by atoms with Gasteiger partial charge in [-0.15, -0.1) is 0 Å². The number of hydrogen-bond donors (Lipinski definition) is 2. The Labute approximate surface area is 107 Å². The third kappa shape index (κ3) is 2.43. The minimum atomic E-state index is 0.0129. The van der Waals surface area contributed by atoms with Crippen molar-refractivity contribution in [1.29, 1.82) is 0 Å². The number of fused-ring (bicyclic) bond motifs is 1. The van der Waals surface area contributed by atoms with Gasteiger partial charge in [-0.1, -0.05) is 0 Å². The number of nitrogens with zero attached hydrogens (tertiary/aromatic N) is 2. The standard InChI is InChI=1S/C12H20N4O2/c17-11(7-13-5-9-1-2-9)15-3-4-16-10(8-15)6-14-12(16)18/h9-10,13H,1-8H2,(H,14,18). The first-order valence-electron chi connectivity index (χ1n) is 6.77. The topological polar surface area (TPSA) is 64.7 Å². The molecule has 0 bridgehead atoms. The van der Waals surface area contributed by atoms with E-state index < -0.39 is 0 Å². The number of carbonyl (C=O) groups is 2. The Morgan fingerprint density at radius 2 is 2.22 bits per heavy atom. The lowest BCUT2D eigenvalue weighted by atomic mass is 10.2. The summed E-state index contributed by atoms with van der Waals surface area (Å²) in [7, 11) is 0. The molecule has 18 heavy (non-hydrogen) atoms. The molecule has 2 saturated heterocycles. The summed E-state index contributed by atoms with van der Waals surface area (Å²) >= 11 is 0. The van der Waals surface area contributed by atoms with Crippen LogP contribution in [0.2, 0.25) is 0 Å². The van der Waals surface area contributed by atoms with E-state index in [1.165, 1.54) is 12.8 Å². The minimum Gasteiger partial charge on any atom is -0.338 e. The van der Waals surface area contributed by atoms with Crippen molar-refractivity contribution in [2.75, 3.05) is 39.3 Å². The first kappa shape index (κ1) is 11.8. The molecule has 0 aromatic rings. The Bertz CT molecular complexity index is 356. The van der Waals surface area contributed by atoms with E-state index in [2.05, 4.69) is 10.6 Å². The Kier molecular flexibility index (Phi) is 3.11. The summed E-state index contributed by atoms with van der Waals surface area (Å²) in [5, 5.41) is 6.05. The van der Waals surface area contributed by atoms with Gasteiger partial charge < -0.3 is 20.4 Å². The molecule has 3 rings (SSSR count). The van der Waals surface area contributed by atoms with Crippen LogP contribution in [0.1, 0.15) is 12.8 Å². The second-order valence-electron chi connectivity index (χ2n) is 5.45. The van der Waals surface area contributed by atoms with E-state index in [9.17, 15) is 9.59 Å². The Hall–Kier alpha value is -1.30.